The Hall–Kier alpha value is -5.14. The molecule has 4 atom stereocenters. The molecule has 0 radical (unpaired) electrons. The highest BCUT2D eigenvalue weighted by atomic mass is 19.3. The maximum absolute atomic E-state index is 14.8. The molecule has 0 saturated carbocycles. The highest BCUT2D eigenvalue weighted by molar-refractivity contribution is 5.91. The van der Waals surface area contributed by atoms with Crippen LogP contribution >= 0.6 is 0 Å². The van der Waals surface area contributed by atoms with Gasteiger partial charge in [-0.3, -0.25) is 4.79 Å². The Balaban J connectivity index is 1.07. The van der Waals surface area contributed by atoms with Crippen LogP contribution in [0.1, 0.15) is 49.9 Å². The van der Waals surface area contributed by atoms with Crippen LogP contribution in [0.25, 0.3) is 44.4 Å². The average molecular weight is 684 g/mol. The molecule has 4 unspecified atom stereocenters. The van der Waals surface area contributed by atoms with Crippen LogP contribution in [0.4, 0.5) is 13.6 Å². The van der Waals surface area contributed by atoms with Gasteiger partial charge in [0.25, 0.3) is 5.92 Å². The Labute approximate surface area is 287 Å². The molecule has 4 heterocycles. The number of nitrogens with zero attached hydrogens (tertiary/aromatic N) is 3. The van der Waals surface area contributed by atoms with Crippen molar-refractivity contribution in [3.63, 3.8) is 0 Å². The van der Waals surface area contributed by atoms with Crippen LogP contribution in [0.15, 0.2) is 73.1 Å². The van der Waals surface area contributed by atoms with Crippen LogP contribution in [0.3, 0.4) is 0 Å². The molecule has 2 aromatic heterocycles. The van der Waals surface area contributed by atoms with Gasteiger partial charge in [-0.25, -0.2) is 23.5 Å². The molecule has 13 heteroatoms. The summed E-state index contributed by atoms with van der Waals surface area (Å²) in [4.78, 5) is 42.2. The molecule has 2 fully saturated rings. The number of halogens is 2. The number of aromatic nitrogens is 4. The minimum Gasteiger partial charge on any atom is -0.453 e. The number of benzene rings is 3. The highest BCUT2D eigenvalue weighted by Crippen LogP contribution is 2.41. The summed E-state index contributed by atoms with van der Waals surface area (Å²) in [5.41, 5.74) is 5.59. The van der Waals surface area contributed by atoms with E-state index in [9.17, 15) is 18.4 Å². The number of imidazole rings is 2. The first kappa shape index (κ1) is 33.4. The molecule has 2 aliphatic heterocycles. The van der Waals surface area contributed by atoms with E-state index in [1.54, 1.807) is 13.1 Å². The van der Waals surface area contributed by atoms with E-state index in [1.807, 2.05) is 30.5 Å². The van der Waals surface area contributed by atoms with Gasteiger partial charge in [-0.15, -0.1) is 0 Å². The summed E-state index contributed by atoms with van der Waals surface area (Å²) >= 11 is 0. The van der Waals surface area contributed by atoms with Crippen LogP contribution < -0.4 is 10.6 Å². The first-order valence-electron chi connectivity index (χ1n) is 16.7. The van der Waals surface area contributed by atoms with Crippen molar-refractivity contribution in [1.29, 1.82) is 0 Å². The topological polar surface area (TPSA) is 137 Å². The largest absolute Gasteiger partial charge is 0.453 e. The third-order valence-electron chi connectivity index (χ3n) is 9.70. The molecule has 50 heavy (non-hydrogen) atoms. The normalized spacial score (nSPS) is 19.8. The number of likely N-dealkylation sites (tertiary alicyclic amines) is 1. The molecule has 2 saturated heterocycles. The van der Waals surface area contributed by atoms with E-state index in [-0.39, 0.29) is 11.9 Å². The summed E-state index contributed by atoms with van der Waals surface area (Å²) in [6.07, 6.45) is 3.46. The molecule has 2 amide bonds. The van der Waals surface area contributed by atoms with Crippen molar-refractivity contribution in [1.82, 2.24) is 35.5 Å². The highest BCUT2D eigenvalue weighted by Gasteiger charge is 2.50. The smallest absolute Gasteiger partial charge is 0.407 e. The number of hydrogen-bond donors (Lipinski definition) is 4. The van der Waals surface area contributed by atoms with Gasteiger partial charge in [-0.05, 0) is 65.9 Å². The van der Waals surface area contributed by atoms with Gasteiger partial charge in [0.15, 0.2) is 0 Å². The molecule has 0 spiro atoms. The van der Waals surface area contributed by atoms with Crippen molar-refractivity contribution in [2.75, 3.05) is 27.3 Å². The lowest BCUT2D eigenvalue weighted by Gasteiger charge is -2.30. The second-order valence-corrected chi connectivity index (χ2v) is 13.0. The number of ether oxygens (including phenoxy) is 2. The molecule has 0 aliphatic carbocycles. The van der Waals surface area contributed by atoms with Crippen LogP contribution in [-0.4, -0.2) is 82.2 Å². The standard InChI is InChI=1S/C37H39F2N7O4/c1-21(49-2)32(45-36(48)50-3)35(47)46-20-37(38,39)17-31(46)34-42-18-29(44-34)23-8-6-22(7-9-23)24-10-11-26-16-27(13-12-25(26)15-24)30-19-41-33(43-30)28-5-4-14-40-28/h6-13,15-16,18-19,21,28,31-32,40H,4-5,14,17,20H2,1-3H3,(H,41,43)(H,42,44)(H,45,48). The molecule has 3 aromatic carbocycles. The summed E-state index contributed by atoms with van der Waals surface area (Å²) in [5.74, 6) is -2.64. The molecule has 2 aliphatic rings. The number of nitrogens with one attached hydrogen (secondary N) is 4. The van der Waals surface area contributed by atoms with Crippen LogP contribution in [0.5, 0.6) is 0 Å². The van der Waals surface area contributed by atoms with Crippen molar-refractivity contribution < 1.29 is 27.8 Å². The van der Waals surface area contributed by atoms with Gasteiger partial charge in [-0.1, -0.05) is 48.5 Å². The minimum absolute atomic E-state index is 0.229. The Morgan fingerprint density at radius 3 is 2.20 bits per heavy atom. The Morgan fingerprint density at radius 2 is 1.52 bits per heavy atom. The summed E-state index contributed by atoms with van der Waals surface area (Å²) in [5, 5.41) is 8.13. The second kappa shape index (κ2) is 13.6. The Kier molecular flexibility index (Phi) is 9.10. The second-order valence-electron chi connectivity index (χ2n) is 13.0. The minimum atomic E-state index is -3.14. The van der Waals surface area contributed by atoms with Crippen LogP contribution in [-0.2, 0) is 14.3 Å². The van der Waals surface area contributed by atoms with Crippen molar-refractivity contribution in [3.05, 3.63) is 84.7 Å². The lowest BCUT2D eigenvalue weighted by molar-refractivity contribution is -0.138. The quantitative estimate of drug-likeness (QED) is 0.142. The molecule has 7 rings (SSSR count). The lowest BCUT2D eigenvalue weighted by Crippen LogP contribution is -2.54. The zero-order valence-corrected chi connectivity index (χ0v) is 28.0. The van der Waals surface area contributed by atoms with Crippen molar-refractivity contribution >= 4 is 22.8 Å². The fourth-order valence-electron chi connectivity index (χ4n) is 6.84. The van der Waals surface area contributed by atoms with Gasteiger partial charge in [-0.2, -0.15) is 0 Å². The Morgan fingerprint density at radius 1 is 0.900 bits per heavy atom. The summed E-state index contributed by atoms with van der Waals surface area (Å²) in [6.45, 7) is 1.77. The zero-order valence-electron chi connectivity index (χ0n) is 28.0. The molecular formula is C37H39F2N7O4. The van der Waals surface area contributed by atoms with Gasteiger partial charge in [0.1, 0.15) is 17.7 Å². The summed E-state index contributed by atoms with van der Waals surface area (Å²) < 4.78 is 39.4. The van der Waals surface area contributed by atoms with Crippen molar-refractivity contribution in [3.8, 4) is 33.6 Å². The third kappa shape index (κ3) is 6.70. The number of methoxy groups -OCH3 is 2. The SMILES string of the molecule is COC(=O)NC(C(=O)N1CC(F)(F)CC1c1ncc(-c2ccc(-c3ccc4cc(-c5cnc(C6CCCN6)[nH]5)ccc4c3)cc2)[nH]1)C(C)OC. The molecule has 5 aromatic rings. The molecular weight excluding hydrogens is 644 g/mol. The number of aromatic amines is 2. The molecule has 0 bridgehead atoms. The van der Waals surface area contributed by atoms with Gasteiger partial charge in [0, 0.05) is 19.1 Å². The number of alkyl halides is 2. The van der Waals surface area contributed by atoms with E-state index in [0.29, 0.717) is 5.69 Å². The number of amides is 2. The number of hydrogen-bond acceptors (Lipinski definition) is 7. The number of H-pyrrole nitrogens is 2. The molecule has 11 nitrogen and oxygen atoms in total. The number of alkyl carbamates (subject to hydrolysis) is 1. The van der Waals surface area contributed by atoms with Crippen LogP contribution in [0.2, 0.25) is 0 Å². The number of carbonyl (C=O) groups is 2. The van der Waals surface area contributed by atoms with Gasteiger partial charge >= 0.3 is 6.09 Å². The van der Waals surface area contributed by atoms with Crippen LogP contribution in [0, 0.1) is 0 Å². The predicted molar refractivity (Wildman–Crippen MR) is 184 cm³/mol. The summed E-state index contributed by atoms with van der Waals surface area (Å²) in [6, 6.07) is 18.7. The van der Waals surface area contributed by atoms with Gasteiger partial charge in [0.2, 0.25) is 5.91 Å². The maximum atomic E-state index is 14.8. The van der Waals surface area contributed by atoms with E-state index in [2.05, 4.69) is 71.7 Å². The Bertz CT molecular complexity index is 2000. The number of fused-ring (bicyclic) bond motifs is 1. The fourth-order valence-corrected chi connectivity index (χ4v) is 6.84. The maximum Gasteiger partial charge on any atom is 0.407 e. The summed E-state index contributed by atoms with van der Waals surface area (Å²) in [7, 11) is 2.52. The fraction of sp³-hybridized carbons (Fsp3) is 0.351. The third-order valence-corrected chi connectivity index (χ3v) is 9.70. The predicted octanol–water partition coefficient (Wildman–Crippen LogP) is 6.38. The van der Waals surface area contributed by atoms with Crippen molar-refractivity contribution in [2.24, 2.45) is 0 Å². The van der Waals surface area contributed by atoms with Gasteiger partial charge < -0.3 is 35.0 Å². The molecule has 260 valence electrons. The molecule has 4 N–H and O–H groups in total. The van der Waals surface area contributed by atoms with Crippen molar-refractivity contribution in [2.45, 2.75) is 56.3 Å². The van der Waals surface area contributed by atoms with E-state index in [0.717, 1.165) is 75.9 Å². The van der Waals surface area contributed by atoms with E-state index >= 15 is 0 Å². The lowest BCUT2D eigenvalue weighted by atomic mass is 9.98. The van der Waals surface area contributed by atoms with E-state index in [1.165, 1.54) is 7.11 Å². The first-order valence-corrected chi connectivity index (χ1v) is 16.7. The van der Waals surface area contributed by atoms with E-state index in [4.69, 9.17) is 4.74 Å². The number of carbonyl (C=O) groups excluding carboxylic acids is 2. The zero-order chi connectivity index (χ0) is 35.0. The first-order chi connectivity index (χ1) is 24.1. The van der Waals surface area contributed by atoms with Gasteiger partial charge in [0.05, 0.1) is 55.6 Å². The van der Waals surface area contributed by atoms with E-state index < -0.39 is 49.1 Å². The average Bonchev–Trinajstić information content (AvgIpc) is 3.96. The monoisotopic (exact) mass is 683 g/mol. The number of rotatable bonds is 9.